The molecule has 2 heterocycles. The van der Waals surface area contributed by atoms with Gasteiger partial charge in [-0.1, -0.05) is 60.2 Å². The number of aromatic amines is 1. The van der Waals surface area contributed by atoms with E-state index in [2.05, 4.69) is 58.4 Å². The smallest absolute Gasteiger partial charge is 0.0920 e. The highest BCUT2D eigenvalue weighted by Crippen LogP contribution is 2.34. The highest BCUT2D eigenvalue weighted by Gasteiger charge is 2.34. The molecule has 0 amide bonds. The highest BCUT2D eigenvalue weighted by atomic mass is 16.3. The van der Waals surface area contributed by atoms with Gasteiger partial charge in [0.1, 0.15) is 0 Å². The number of aryl methyl sites for hydroxylation is 1. The van der Waals surface area contributed by atoms with Crippen LogP contribution in [0.4, 0.5) is 0 Å². The second-order valence-corrected chi connectivity index (χ2v) is 7.31. The fourth-order valence-corrected chi connectivity index (χ4v) is 3.76. The van der Waals surface area contributed by atoms with Crippen LogP contribution < -0.4 is 0 Å². The van der Waals surface area contributed by atoms with E-state index in [4.69, 9.17) is 0 Å². The van der Waals surface area contributed by atoms with Crippen molar-refractivity contribution in [2.75, 3.05) is 13.1 Å². The predicted octanol–water partition coefficient (Wildman–Crippen LogP) is 3.87. The predicted molar refractivity (Wildman–Crippen MR) is 104 cm³/mol. The zero-order valence-corrected chi connectivity index (χ0v) is 15.2. The molecule has 1 saturated heterocycles. The maximum Gasteiger partial charge on any atom is 0.0920 e. The topological polar surface area (TPSA) is 52.1 Å². The molecule has 4 nitrogen and oxygen atoms in total. The summed E-state index contributed by atoms with van der Waals surface area (Å²) in [6, 6.07) is 18.6. The second-order valence-electron chi connectivity index (χ2n) is 7.31. The van der Waals surface area contributed by atoms with E-state index in [1.54, 1.807) is 0 Å². The Morgan fingerprint density at radius 1 is 1.04 bits per heavy atom. The Hall–Kier alpha value is -2.43. The number of nitrogens with zero attached hydrogens (tertiary/aromatic N) is 2. The van der Waals surface area contributed by atoms with Gasteiger partial charge in [0.05, 0.1) is 17.5 Å². The van der Waals surface area contributed by atoms with E-state index in [1.165, 1.54) is 11.1 Å². The third-order valence-electron chi connectivity index (χ3n) is 5.45. The molecule has 0 unspecified atom stereocenters. The van der Waals surface area contributed by atoms with Gasteiger partial charge in [0.15, 0.2) is 0 Å². The normalized spacial score (nSPS) is 17.3. The SMILES string of the molecule is Cc1ccc(C2(O)CCN(Cc3cn[nH]c3-c3ccccc3)CC2)cc1. The molecule has 26 heavy (non-hydrogen) atoms. The largest absolute Gasteiger partial charge is 0.385 e. The van der Waals surface area contributed by atoms with E-state index in [-0.39, 0.29) is 0 Å². The van der Waals surface area contributed by atoms with Crippen LogP contribution >= 0.6 is 0 Å². The average molecular weight is 347 g/mol. The minimum Gasteiger partial charge on any atom is -0.385 e. The van der Waals surface area contributed by atoms with Gasteiger partial charge in [0, 0.05) is 25.2 Å². The Bertz CT molecular complexity index is 847. The van der Waals surface area contributed by atoms with Crippen LogP contribution in [0.3, 0.4) is 0 Å². The Kier molecular flexibility index (Phi) is 4.62. The molecule has 0 atom stereocenters. The molecule has 1 aliphatic rings. The third kappa shape index (κ3) is 3.43. The van der Waals surface area contributed by atoms with E-state index in [1.807, 2.05) is 24.4 Å². The summed E-state index contributed by atoms with van der Waals surface area (Å²) in [6.07, 6.45) is 3.44. The molecule has 0 spiro atoms. The summed E-state index contributed by atoms with van der Waals surface area (Å²) < 4.78 is 0. The van der Waals surface area contributed by atoms with Crippen molar-refractivity contribution in [3.05, 3.63) is 77.5 Å². The minimum atomic E-state index is -0.705. The number of rotatable bonds is 4. The number of hydrogen-bond acceptors (Lipinski definition) is 3. The van der Waals surface area contributed by atoms with Crippen LogP contribution in [0.2, 0.25) is 0 Å². The molecule has 1 aromatic heterocycles. The molecule has 1 fully saturated rings. The lowest BCUT2D eigenvalue weighted by molar-refractivity contribution is -0.0277. The van der Waals surface area contributed by atoms with Gasteiger partial charge < -0.3 is 5.11 Å². The summed E-state index contributed by atoms with van der Waals surface area (Å²) in [7, 11) is 0. The number of aliphatic hydroxyl groups is 1. The minimum absolute atomic E-state index is 0.705. The Morgan fingerprint density at radius 2 is 1.73 bits per heavy atom. The van der Waals surface area contributed by atoms with Crippen molar-refractivity contribution in [2.45, 2.75) is 31.9 Å². The molecule has 3 aromatic rings. The number of H-pyrrole nitrogens is 1. The molecule has 4 heteroatoms. The van der Waals surface area contributed by atoms with Crippen molar-refractivity contribution in [2.24, 2.45) is 0 Å². The first-order valence-electron chi connectivity index (χ1n) is 9.24. The summed E-state index contributed by atoms with van der Waals surface area (Å²) in [5.41, 5.74) is 5.01. The maximum atomic E-state index is 11.1. The molecule has 0 saturated carbocycles. The van der Waals surface area contributed by atoms with Crippen molar-refractivity contribution in [3.8, 4) is 11.3 Å². The van der Waals surface area contributed by atoms with Gasteiger partial charge in [-0.05, 0) is 30.9 Å². The molecule has 134 valence electrons. The first-order valence-corrected chi connectivity index (χ1v) is 9.24. The van der Waals surface area contributed by atoms with Gasteiger partial charge in [-0.2, -0.15) is 5.10 Å². The standard InChI is InChI=1S/C22H25N3O/c1-17-7-9-20(10-8-17)22(26)11-13-25(14-12-22)16-19-15-23-24-21(19)18-5-3-2-4-6-18/h2-10,15,26H,11-14,16H2,1H3,(H,23,24). The van der Waals surface area contributed by atoms with Gasteiger partial charge in [0.25, 0.3) is 0 Å². The van der Waals surface area contributed by atoms with Gasteiger partial charge in [0.2, 0.25) is 0 Å². The van der Waals surface area contributed by atoms with Crippen LogP contribution in [0, 0.1) is 6.92 Å². The first kappa shape index (κ1) is 17.0. The monoisotopic (exact) mass is 347 g/mol. The molecule has 0 radical (unpaired) electrons. The molecule has 0 aliphatic carbocycles. The quantitative estimate of drug-likeness (QED) is 0.753. The summed E-state index contributed by atoms with van der Waals surface area (Å²) in [6.45, 7) is 4.68. The highest BCUT2D eigenvalue weighted by molar-refractivity contribution is 5.62. The third-order valence-corrected chi connectivity index (χ3v) is 5.45. The molecule has 4 rings (SSSR count). The lowest BCUT2D eigenvalue weighted by atomic mass is 9.84. The summed E-state index contributed by atoms with van der Waals surface area (Å²) in [5, 5.41) is 18.4. The van der Waals surface area contributed by atoms with Crippen LogP contribution in [0.5, 0.6) is 0 Å². The number of piperidine rings is 1. The van der Waals surface area contributed by atoms with Gasteiger partial charge in [-0.15, -0.1) is 0 Å². The van der Waals surface area contributed by atoms with Gasteiger partial charge in [-0.3, -0.25) is 10.00 Å². The lowest BCUT2D eigenvalue weighted by Crippen LogP contribution is -2.42. The molecule has 2 N–H and O–H groups in total. The molecule has 1 aliphatic heterocycles. The van der Waals surface area contributed by atoms with Crippen LogP contribution in [-0.4, -0.2) is 33.3 Å². The van der Waals surface area contributed by atoms with E-state index < -0.39 is 5.60 Å². The number of hydrogen-bond donors (Lipinski definition) is 2. The zero-order valence-electron chi connectivity index (χ0n) is 15.2. The van der Waals surface area contributed by atoms with Crippen molar-refractivity contribution in [1.82, 2.24) is 15.1 Å². The van der Waals surface area contributed by atoms with Crippen LogP contribution in [0.25, 0.3) is 11.3 Å². The summed E-state index contributed by atoms with van der Waals surface area (Å²) in [5.74, 6) is 0. The number of benzene rings is 2. The van der Waals surface area contributed by atoms with Crippen molar-refractivity contribution in [3.63, 3.8) is 0 Å². The van der Waals surface area contributed by atoms with Gasteiger partial charge >= 0.3 is 0 Å². The number of nitrogens with one attached hydrogen (secondary N) is 1. The second kappa shape index (κ2) is 7.06. The number of likely N-dealkylation sites (tertiary alicyclic amines) is 1. The fraction of sp³-hybridized carbons (Fsp3) is 0.318. The van der Waals surface area contributed by atoms with E-state index in [0.717, 1.165) is 49.3 Å². The zero-order chi connectivity index (χ0) is 18.0. The molecule has 0 bridgehead atoms. The fourth-order valence-electron chi connectivity index (χ4n) is 3.76. The maximum absolute atomic E-state index is 11.1. The Morgan fingerprint density at radius 3 is 2.42 bits per heavy atom. The van der Waals surface area contributed by atoms with Crippen LogP contribution in [-0.2, 0) is 12.1 Å². The van der Waals surface area contributed by atoms with Crippen molar-refractivity contribution < 1.29 is 5.11 Å². The Balaban J connectivity index is 1.44. The number of aromatic nitrogens is 2. The van der Waals surface area contributed by atoms with Crippen LogP contribution in [0.1, 0.15) is 29.5 Å². The molecule has 2 aromatic carbocycles. The van der Waals surface area contributed by atoms with E-state index in [9.17, 15) is 5.11 Å². The van der Waals surface area contributed by atoms with Gasteiger partial charge in [-0.25, -0.2) is 0 Å². The molecular formula is C22H25N3O. The van der Waals surface area contributed by atoms with Crippen LogP contribution in [0.15, 0.2) is 60.8 Å². The average Bonchev–Trinajstić information content (AvgIpc) is 3.13. The van der Waals surface area contributed by atoms with Crippen molar-refractivity contribution >= 4 is 0 Å². The lowest BCUT2D eigenvalue weighted by Gasteiger charge is -2.38. The van der Waals surface area contributed by atoms with E-state index in [0.29, 0.717) is 0 Å². The van der Waals surface area contributed by atoms with E-state index >= 15 is 0 Å². The van der Waals surface area contributed by atoms with Crippen molar-refractivity contribution in [1.29, 1.82) is 0 Å². The summed E-state index contributed by atoms with van der Waals surface area (Å²) >= 11 is 0. The molecular weight excluding hydrogens is 322 g/mol. The summed E-state index contributed by atoms with van der Waals surface area (Å²) in [4.78, 5) is 2.40. The Labute approximate surface area is 154 Å². The first-order chi connectivity index (χ1) is 12.6.